The number of ketones is 1. The maximum absolute atomic E-state index is 12.1. The molecule has 0 bridgehead atoms. The maximum Gasteiger partial charge on any atom is 0.332 e. The van der Waals surface area contributed by atoms with Gasteiger partial charge in [0.05, 0.1) is 0 Å². The van der Waals surface area contributed by atoms with Crippen LogP contribution < -0.4 is 27.3 Å². The summed E-state index contributed by atoms with van der Waals surface area (Å²) in [6, 6.07) is 7.66. The van der Waals surface area contributed by atoms with E-state index in [0.29, 0.717) is 11.7 Å². The molecule has 6 heteroatoms. The number of hydrogen-bond acceptors (Lipinski definition) is 4. The molecule has 0 saturated heterocycles. The molecule has 19 heavy (non-hydrogen) atoms. The first-order valence-electron chi connectivity index (χ1n) is 5.52. The summed E-state index contributed by atoms with van der Waals surface area (Å²) < 4.78 is 1.84. The van der Waals surface area contributed by atoms with Gasteiger partial charge in [0, 0.05) is 15.8 Å². The Morgan fingerprint density at radius 3 is 2.47 bits per heavy atom. The lowest BCUT2D eigenvalue weighted by Gasteiger charge is -2.02. The smallest absolute Gasteiger partial charge is 0.332 e. The first-order valence-corrected chi connectivity index (χ1v) is 7.63. The highest BCUT2D eigenvalue weighted by molar-refractivity contribution is 7.98. The SMILES string of the molecule is CSc1ccc(C(=O)C[n+]2c(C)csc2N)cc1.[Br-]. The van der Waals surface area contributed by atoms with E-state index in [1.165, 1.54) is 11.3 Å². The number of carbonyl (C=O) groups is 1. The quantitative estimate of drug-likeness (QED) is 0.456. The van der Waals surface area contributed by atoms with Crippen molar-refractivity contribution in [2.24, 2.45) is 0 Å². The zero-order valence-electron chi connectivity index (χ0n) is 10.7. The molecule has 0 unspecified atom stereocenters. The molecule has 3 nitrogen and oxygen atoms in total. The lowest BCUT2D eigenvalue weighted by Crippen LogP contribution is -3.00. The molecule has 1 heterocycles. The Labute approximate surface area is 131 Å². The van der Waals surface area contributed by atoms with Crippen molar-refractivity contribution in [1.82, 2.24) is 0 Å². The van der Waals surface area contributed by atoms with E-state index in [2.05, 4.69) is 0 Å². The molecule has 0 saturated carbocycles. The van der Waals surface area contributed by atoms with Gasteiger partial charge in [-0.1, -0.05) is 23.5 Å². The van der Waals surface area contributed by atoms with E-state index in [1.54, 1.807) is 11.8 Å². The number of anilines is 1. The number of thioether (sulfide) groups is 1. The molecule has 0 fully saturated rings. The summed E-state index contributed by atoms with van der Waals surface area (Å²) in [7, 11) is 0. The van der Waals surface area contributed by atoms with Crippen molar-refractivity contribution in [3.05, 3.63) is 40.9 Å². The van der Waals surface area contributed by atoms with Gasteiger partial charge in [-0.3, -0.25) is 10.5 Å². The van der Waals surface area contributed by atoms with Gasteiger partial charge in [0.1, 0.15) is 5.69 Å². The third-order valence-corrected chi connectivity index (χ3v) is 4.42. The number of benzene rings is 1. The number of aryl methyl sites for hydroxylation is 1. The summed E-state index contributed by atoms with van der Waals surface area (Å²) in [6.45, 7) is 2.26. The number of thiazole rings is 1. The number of carbonyl (C=O) groups excluding carboxylic acids is 1. The molecule has 0 spiro atoms. The second-order valence-corrected chi connectivity index (χ2v) is 5.72. The summed E-state index contributed by atoms with van der Waals surface area (Å²) in [5.74, 6) is 0.0841. The van der Waals surface area contributed by atoms with Crippen molar-refractivity contribution >= 4 is 34.0 Å². The molecule has 1 aromatic heterocycles. The molecule has 2 N–H and O–H groups in total. The molecule has 0 amide bonds. The number of nitrogen functional groups attached to an aromatic ring is 1. The van der Waals surface area contributed by atoms with Crippen LogP contribution >= 0.6 is 23.1 Å². The summed E-state index contributed by atoms with van der Waals surface area (Å²) in [4.78, 5) is 13.3. The molecular formula is C13H15BrN2OS2. The molecule has 2 aromatic rings. The largest absolute Gasteiger partial charge is 1.00 e. The number of halogens is 1. The zero-order chi connectivity index (χ0) is 13.1. The van der Waals surface area contributed by atoms with Crippen molar-refractivity contribution in [3.63, 3.8) is 0 Å². The van der Waals surface area contributed by atoms with E-state index < -0.39 is 0 Å². The molecule has 1 aromatic carbocycles. The van der Waals surface area contributed by atoms with Crippen LogP contribution in [0.1, 0.15) is 16.1 Å². The monoisotopic (exact) mass is 358 g/mol. The van der Waals surface area contributed by atoms with Gasteiger partial charge in [0.2, 0.25) is 5.78 Å². The van der Waals surface area contributed by atoms with Gasteiger partial charge in [-0.05, 0) is 25.3 Å². The number of rotatable bonds is 4. The van der Waals surface area contributed by atoms with Gasteiger partial charge < -0.3 is 17.0 Å². The fourth-order valence-electron chi connectivity index (χ4n) is 1.66. The summed E-state index contributed by atoms with van der Waals surface area (Å²) in [5.41, 5.74) is 7.59. The van der Waals surface area contributed by atoms with E-state index >= 15 is 0 Å². The lowest BCUT2D eigenvalue weighted by atomic mass is 10.1. The van der Waals surface area contributed by atoms with Crippen LogP contribution in [0.15, 0.2) is 34.5 Å². The fraction of sp³-hybridized carbons (Fsp3) is 0.231. The van der Waals surface area contributed by atoms with E-state index in [9.17, 15) is 4.79 Å². The van der Waals surface area contributed by atoms with Crippen molar-refractivity contribution in [3.8, 4) is 0 Å². The van der Waals surface area contributed by atoms with Crippen molar-refractivity contribution in [2.75, 3.05) is 12.0 Å². The highest BCUT2D eigenvalue weighted by atomic mass is 79.9. The van der Waals surface area contributed by atoms with E-state index in [4.69, 9.17) is 5.73 Å². The molecular weight excluding hydrogens is 344 g/mol. The molecule has 102 valence electrons. The molecule has 2 rings (SSSR count). The minimum absolute atomic E-state index is 0. The second-order valence-electron chi connectivity index (χ2n) is 3.95. The Morgan fingerprint density at radius 2 is 2.00 bits per heavy atom. The van der Waals surface area contributed by atoms with Crippen LogP contribution in [0.2, 0.25) is 0 Å². The van der Waals surface area contributed by atoms with Crippen LogP contribution in [-0.4, -0.2) is 12.0 Å². The van der Waals surface area contributed by atoms with Gasteiger partial charge in [-0.15, -0.1) is 11.8 Å². The predicted molar refractivity (Wildman–Crippen MR) is 76.2 cm³/mol. The number of nitrogens with zero attached hydrogens (tertiary/aromatic N) is 1. The Kier molecular flexibility index (Phi) is 6.03. The lowest BCUT2D eigenvalue weighted by molar-refractivity contribution is -0.670. The Hall–Kier alpha value is -0.850. The average molecular weight is 359 g/mol. The third kappa shape index (κ3) is 3.81. The summed E-state index contributed by atoms with van der Waals surface area (Å²) in [5, 5.41) is 2.63. The van der Waals surface area contributed by atoms with E-state index in [-0.39, 0.29) is 22.8 Å². The molecule has 0 aliphatic rings. The Morgan fingerprint density at radius 1 is 1.37 bits per heavy atom. The third-order valence-electron chi connectivity index (χ3n) is 2.76. The minimum Gasteiger partial charge on any atom is -1.00 e. The van der Waals surface area contributed by atoms with Crippen molar-refractivity contribution in [1.29, 1.82) is 0 Å². The molecule has 0 aliphatic heterocycles. The van der Waals surface area contributed by atoms with Crippen LogP contribution in [-0.2, 0) is 6.54 Å². The second kappa shape index (κ2) is 7.07. The number of aromatic nitrogens is 1. The number of hydrogen-bond donors (Lipinski definition) is 1. The normalized spacial score (nSPS) is 10.0. The van der Waals surface area contributed by atoms with Gasteiger partial charge in [0.25, 0.3) is 0 Å². The highest BCUT2D eigenvalue weighted by Crippen LogP contribution is 2.15. The summed E-state index contributed by atoms with van der Waals surface area (Å²) in [6.07, 6.45) is 2.02. The van der Waals surface area contributed by atoms with Gasteiger partial charge in [-0.2, -0.15) is 0 Å². The average Bonchev–Trinajstić information content (AvgIpc) is 2.70. The minimum atomic E-state index is 0. The Balaban J connectivity index is 0.00000180. The fourth-order valence-corrected chi connectivity index (χ4v) is 2.82. The van der Waals surface area contributed by atoms with Crippen LogP contribution in [0.3, 0.4) is 0 Å². The van der Waals surface area contributed by atoms with Crippen LogP contribution in [0.4, 0.5) is 5.13 Å². The van der Waals surface area contributed by atoms with Crippen molar-refractivity contribution in [2.45, 2.75) is 18.4 Å². The van der Waals surface area contributed by atoms with E-state index in [0.717, 1.165) is 16.2 Å². The van der Waals surface area contributed by atoms with Crippen LogP contribution in [0, 0.1) is 6.92 Å². The molecule has 0 radical (unpaired) electrons. The molecule has 0 aliphatic carbocycles. The van der Waals surface area contributed by atoms with Gasteiger partial charge >= 0.3 is 5.13 Å². The number of nitrogens with two attached hydrogens (primary N) is 1. The van der Waals surface area contributed by atoms with Gasteiger partial charge in [0.15, 0.2) is 6.54 Å². The van der Waals surface area contributed by atoms with Crippen LogP contribution in [0.25, 0.3) is 0 Å². The standard InChI is InChI=1S/C13H14N2OS2.BrH/c1-9-8-18-13(14)15(9)7-12(16)10-3-5-11(17-2)6-4-10;/h3-6,8,14H,7H2,1-2H3;1H. The number of Topliss-reactive ketones (excluding diaryl/α,β-unsaturated/α-hetero) is 1. The zero-order valence-corrected chi connectivity index (χ0v) is 13.9. The van der Waals surface area contributed by atoms with E-state index in [1.807, 2.05) is 47.4 Å². The molecule has 0 atom stereocenters. The predicted octanol–water partition coefficient (Wildman–Crippen LogP) is -0.465. The first-order chi connectivity index (χ1) is 8.61. The topological polar surface area (TPSA) is 47.0 Å². The van der Waals surface area contributed by atoms with Crippen LogP contribution in [0.5, 0.6) is 0 Å². The summed E-state index contributed by atoms with van der Waals surface area (Å²) >= 11 is 3.12. The highest BCUT2D eigenvalue weighted by Gasteiger charge is 2.16. The van der Waals surface area contributed by atoms with Crippen molar-refractivity contribution < 1.29 is 26.3 Å². The first kappa shape index (κ1) is 16.2. The maximum atomic E-state index is 12.1. The van der Waals surface area contributed by atoms with Gasteiger partial charge in [-0.25, -0.2) is 4.57 Å². The Bertz CT molecular complexity index is 547.